The highest BCUT2D eigenvalue weighted by molar-refractivity contribution is 6.31. The largest absolute Gasteiger partial charge is 0.479 e. The second-order valence-corrected chi connectivity index (χ2v) is 13.9. The van der Waals surface area contributed by atoms with Crippen molar-refractivity contribution in [3.63, 3.8) is 0 Å². The maximum atomic E-state index is 14.0. The molecule has 0 radical (unpaired) electrons. The molecule has 4 unspecified atom stereocenters. The first-order chi connectivity index (χ1) is 24.1. The van der Waals surface area contributed by atoms with Gasteiger partial charge >= 0.3 is 6.18 Å². The third-order valence-corrected chi connectivity index (χ3v) is 10.4. The van der Waals surface area contributed by atoms with Gasteiger partial charge in [0.1, 0.15) is 5.69 Å². The minimum absolute atomic E-state index is 0.0240. The van der Waals surface area contributed by atoms with Crippen LogP contribution in [0.1, 0.15) is 50.8 Å². The molecular formula is C34H40ClF3N10O2. The number of pyridine rings is 1. The lowest BCUT2D eigenvalue weighted by Crippen LogP contribution is -2.54. The van der Waals surface area contributed by atoms with E-state index in [0.29, 0.717) is 28.3 Å². The van der Waals surface area contributed by atoms with Crippen molar-refractivity contribution in [3.05, 3.63) is 76.2 Å². The minimum atomic E-state index is -4.65. The highest BCUT2D eigenvalue weighted by Crippen LogP contribution is 2.36. The fourth-order valence-corrected chi connectivity index (χ4v) is 7.84. The van der Waals surface area contributed by atoms with Crippen molar-refractivity contribution in [2.75, 3.05) is 31.8 Å². The van der Waals surface area contributed by atoms with E-state index in [-0.39, 0.29) is 41.1 Å². The van der Waals surface area contributed by atoms with Gasteiger partial charge in [0.05, 0.1) is 43.6 Å². The van der Waals surface area contributed by atoms with Gasteiger partial charge in [-0.15, -0.1) is 5.10 Å². The Morgan fingerprint density at radius 3 is 2.68 bits per heavy atom. The van der Waals surface area contributed by atoms with Gasteiger partial charge in [0.25, 0.3) is 5.56 Å². The highest BCUT2D eigenvalue weighted by Gasteiger charge is 2.42. The third kappa shape index (κ3) is 7.09. The molecule has 3 aromatic heterocycles. The molecule has 2 bridgehead atoms. The molecule has 16 heteroatoms. The summed E-state index contributed by atoms with van der Waals surface area (Å²) in [6.45, 7) is 4.71. The smallest absolute Gasteiger partial charge is 0.436 e. The lowest BCUT2D eigenvalue weighted by Gasteiger charge is -2.40. The van der Waals surface area contributed by atoms with E-state index in [9.17, 15) is 18.0 Å². The lowest BCUT2D eigenvalue weighted by molar-refractivity contribution is -0.141. The van der Waals surface area contributed by atoms with Crippen LogP contribution in [-0.2, 0) is 6.18 Å². The van der Waals surface area contributed by atoms with Gasteiger partial charge in [0.2, 0.25) is 5.88 Å². The van der Waals surface area contributed by atoms with Crippen molar-refractivity contribution >= 4 is 17.3 Å². The van der Waals surface area contributed by atoms with E-state index in [1.54, 1.807) is 36.3 Å². The van der Waals surface area contributed by atoms with E-state index in [0.717, 1.165) is 68.3 Å². The van der Waals surface area contributed by atoms with E-state index in [1.165, 1.54) is 12.1 Å². The number of ether oxygens (including phenoxy) is 1. The van der Waals surface area contributed by atoms with Crippen LogP contribution >= 0.6 is 11.6 Å². The van der Waals surface area contributed by atoms with Gasteiger partial charge in [-0.05, 0) is 80.9 Å². The Balaban J connectivity index is 1.18. The van der Waals surface area contributed by atoms with E-state index in [1.807, 2.05) is 12.1 Å². The summed E-state index contributed by atoms with van der Waals surface area (Å²) < 4.78 is 48.2. The number of alkyl halides is 3. The molecule has 266 valence electrons. The van der Waals surface area contributed by atoms with Crippen LogP contribution in [0.2, 0.25) is 5.02 Å². The summed E-state index contributed by atoms with van der Waals surface area (Å²) >= 11 is 6.31. The summed E-state index contributed by atoms with van der Waals surface area (Å²) in [7, 11) is 1.63. The van der Waals surface area contributed by atoms with Crippen LogP contribution in [0.4, 0.5) is 18.9 Å². The summed E-state index contributed by atoms with van der Waals surface area (Å²) in [5.74, 6) is 1.32. The maximum absolute atomic E-state index is 14.0. The molecule has 3 N–H and O–H groups in total. The molecule has 0 spiro atoms. The molecule has 3 aliphatic rings. The van der Waals surface area contributed by atoms with E-state index >= 15 is 0 Å². The zero-order valence-corrected chi connectivity index (χ0v) is 28.5. The number of methoxy groups -OCH3 is 1. The van der Waals surface area contributed by atoms with E-state index in [4.69, 9.17) is 16.3 Å². The zero-order chi connectivity index (χ0) is 35.0. The van der Waals surface area contributed by atoms with Crippen LogP contribution in [-0.4, -0.2) is 74.4 Å². The number of hydrogen-bond donors (Lipinski definition) is 3. The summed E-state index contributed by atoms with van der Waals surface area (Å²) in [4.78, 5) is 23.0. The van der Waals surface area contributed by atoms with Gasteiger partial charge in [-0.1, -0.05) is 30.2 Å². The number of hydrogen-bond acceptors (Lipinski definition) is 10. The molecule has 6 heterocycles. The van der Waals surface area contributed by atoms with Crippen LogP contribution in [0.3, 0.4) is 0 Å². The number of anilines is 1. The monoisotopic (exact) mass is 712 g/mol. The number of hydrazine groups is 1. The number of benzene rings is 1. The average Bonchev–Trinajstić information content (AvgIpc) is 3.78. The topological polar surface area (TPSA) is 127 Å². The highest BCUT2D eigenvalue weighted by atomic mass is 35.5. The molecule has 1 aromatic carbocycles. The van der Waals surface area contributed by atoms with Gasteiger partial charge in [-0.2, -0.15) is 13.2 Å². The lowest BCUT2D eigenvalue weighted by atomic mass is 9.80. The number of nitrogens with one attached hydrogen (secondary N) is 3. The molecular weight excluding hydrogens is 673 g/mol. The van der Waals surface area contributed by atoms with Gasteiger partial charge in [-0.3, -0.25) is 9.36 Å². The second-order valence-electron chi connectivity index (χ2n) is 13.5. The van der Waals surface area contributed by atoms with E-state index in [2.05, 4.69) is 48.3 Å². The Kier molecular flexibility index (Phi) is 9.83. The minimum Gasteiger partial charge on any atom is -0.479 e. The summed E-state index contributed by atoms with van der Waals surface area (Å²) in [6.07, 6.45) is 3.99. The molecule has 12 nitrogen and oxygen atoms in total. The average molecular weight is 713 g/mol. The van der Waals surface area contributed by atoms with Crippen LogP contribution in [0.25, 0.3) is 16.9 Å². The number of rotatable bonds is 5. The first-order valence-corrected chi connectivity index (χ1v) is 17.3. The van der Waals surface area contributed by atoms with Gasteiger partial charge < -0.3 is 20.4 Å². The second kappa shape index (κ2) is 14.3. The Labute approximate surface area is 292 Å². The maximum Gasteiger partial charge on any atom is 0.436 e. The first kappa shape index (κ1) is 34.4. The van der Waals surface area contributed by atoms with Gasteiger partial charge in [0.15, 0.2) is 5.69 Å². The standard InChI is InChI=1S/C34H40ClF3N10O2/c1-20-5-3-6-28(25-13-21(10-12-39-25)32-26(41-16-20)17-47(44-32)29-7-4-11-40-33(29)50-2)46-19-42-24(15-31(46)49)23-14-22(35)8-9-27(23)48-18-30(43-45-48)34(36,37)38/h4,7-9,11,14-15,18-21,25-26,28,32,39,41,44H,3,5-6,10,12-13,16-17H2,1-2H3/t20-,21?,25?,26?,28+,32?/m1/s1. The molecule has 50 heavy (non-hydrogen) atoms. The van der Waals surface area contributed by atoms with Crippen molar-refractivity contribution in [3.8, 4) is 22.8 Å². The van der Waals surface area contributed by atoms with Crippen LogP contribution < -0.4 is 31.4 Å². The molecule has 3 aliphatic heterocycles. The normalized spacial score (nSPS) is 26.2. The van der Waals surface area contributed by atoms with Crippen molar-refractivity contribution in [2.45, 2.75) is 69.4 Å². The van der Waals surface area contributed by atoms with Crippen molar-refractivity contribution in [1.29, 1.82) is 0 Å². The number of halogens is 4. The first-order valence-electron chi connectivity index (χ1n) is 17.0. The Hall–Kier alpha value is -4.05. The summed E-state index contributed by atoms with van der Waals surface area (Å²) in [5.41, 5.74) is 4.22. The summed E-state index contributed by atoms with van der Waals surface area (Å²) in [5, 5.41) is 17.0. The predicted molar refractivity (Wildman–Crippen MR) is 182 cm³/mol. The van der Waals surface area contributed by atoms with Crippen LogP contribution in [0, 0.1) is 11.8 Å². The van der Waals surface area contributed by atoms with Crippen molar-refractivity contribution in [1.82, 2.24) is 45.6 Å². The fraction of sp³-hybridized carbons (Fsp3) is 0.500. The number of fused-ring (bicyclic) bond motifs is 4. The molecule has 0 amide bonds. The number of aromatic nitrogens is 6. The molecule has 3 fully saturated rings. The Morgan fingerprint density at radius 2 is 1.90 bits per heavy atom. The number of nitrogens with zero attached hydrogens (tertiary/aromatic N) is 7. The SMILES string of the molecule is COc1ncccc1N1CC2NC[C@H](C)CCC[C@H](n3cnc(-c4cc(Cl)ccc4-n4cc(C(F)(F)F)nn4)cc3=O)C3CC(CCN3)C2N1. The summed E-state index contributed by atoms with van der Waals surface area (Å²) in [6, 6.07) is 10.2. The zero-order valence-electron chi connectivity index (χ0n) is 27.8. The van der Waals surface area contributed by atoms with Crippen molar-refractivity contribution in [2.24, 2.45) is 11.8 Å². The van der Waals surface area contributed by atoms with Crippen LogP contribution in [0.15, 0.2) is 59.9 Å². The van der Waals surface area contributed by atoms with Gasteiger partial charge in [-0.25, -0.2) is 20.1 Å². The Bertz CT molecular complexity index is 1870. The quantitative estimate of drug-likeness (QED) is 0.269. The number of piperidine rings is 1. The Morgan fingerprint density at radius 1 is 1.04 bits per heavy atom. The molecule has 3 saturated heterocycles. The fourth-order valence-electron chi connectivity index (χ4n) is 7.67. The molecule has 0 saturated carbocycles. The van der Waals surface area contributed by atoms with Crippen LogP contribution in [0.5, 0.6) is 5.88 Å². The molecule has 4 aromatic rings. The molecule has 0 aliphatic carbocycles. The molecule has 6 atom stereocenters. The van der Waals surface area contributed by atoms with Gasteiger partial charge in [0, 0.05) is 41.0 Å². The predicted octanol–water partition coefficient (Wildman–Crippen LogP) is 4.65. The third-order valence-electron chi connectivity index (χ3n) is 10.2. The van der Waals surface area contributed by atoms with E-state index < -0.39 is 11.9 Å². The molecule has 7 rings (SSSR count). The van der Waals surface area contributed by atoms with Crippen molar-refractivity contribution < 1.29 is 17.9 Å².